The van der Waals surface area contributed by atoms with Gasteiger partial charge in [0.2, 0.25) is 11.8 Å². The number of sulfonamides is 1. The molecule has 1 N–H and O–H groups in total. The van der Waals surface area contributed by atoms with Gasteiger partial charge in [0.15, 0.2) is 0 Å². The van der Waals surface area contributed by atoms with Gasteiger partial charge in [0.05, 0.1) is 30.7 Å². The molecule has 3 rings (SSSR count). The third-order valence-corrected chi connectivity index (χ3v) is 9.40. The van der Waals surface area contributed by atoms with Crippen LogP contribution >= 0.6 is 46.4 Å². The minimum absolute atomic E-state index is 0.0176. The largest absolute Gasteiger partial charge is 0.354 e. The first kappa shape index (κ1) is 32.0. The molecule has 2 amide bonds. The second-order valence-corrected chi connectivity index (χ2v) is 12.3. The molecule has 0 bridgehead atoms. The number of halogens is 4. The standard InChI is InChI=1S/C28H29Cl4N3O4S/c1-3-15-33-28(37)24(4-2)34(17-19-13-14-21(29)23(31)16-19)26(36)18-35(25-12-8-11-22(30)27(25)32)40(38,39)20-9-6-5-7-10-20/h5-14,16,24H,3-4,15,17-18H2,1-2H3,(H,33,37)/t24-/m0/s1. The highest BCUT2D eigenvalue weighted by Gasteiger charge is 2.34. The molecule has 0 saturated heterocycles. The van der Waals surface area contributed by atoms with Gasteiger partial charge in [-0.2, -0.15) is 0 Å². The Morgan fingerprint density at radius 1 is 0.875 bits per heavy atom. The van der Waals surface area contributed by atoms with Crippen LogP contribution in [0.2, 0.25) is 20.1 Å². The first-order valence-corrected chi connectivity index (χ1v) is 15.5. The van der Waals surface area contributed by atoms with Crippen molar-refractivity contribution < 1.29 is 18.0 Å². The van der Waals surface area contributed by atoms with E-state index in [0.717, 1.165) is 4.31 Å². The molecule has 0 aliphatic rings. The maximum atomic E-state index is 14.0. The van der Waals surface area contributed by atoms with E-state index in [2.05, 4.69) is 5.32 Å². The molecule has 0 saturated carbocycles. The normalized spacial score (nSPS) is 12.1. The number of nitrogens with one attached hydrogen (secondary N) is 1. The highest BCUT2D eigenvalue weighted by atomic mass is 35.5. The first-order chi connectivity index (χ1) is 19.0. The van der Waals surface area contributed by atoms with E-state index in [4.69, 9.17) is 46.4 Å². The van der Waals surface area contributed by atoms with E-state index >= 15 is 0 Å². The van der Waals surface area contributed by atoms with Crippen molar-refractivity contribution in [3.05, 3.63) is 92.4 Å². The van der Waals surface area contributed by atoms with E-state index in [1.807, 2.05) is 6.92 Å². The van der Waals surface area contributed by atoms with Crippen LogP contribution in [0, 0.1) is 0 Å². The van der Waals surface area contributed by atoms with Crippen LogP contribution in [0.15, 0.2) is 71.6 Å². The Kier molecular flexibility index (Phi) is 11.5. The molecule has 7 nitrogen and oxygen atoms in total. The zero-order valence-electron chi connectivity index (χ0n) is 21.9. The number of anilines is 1. The van der Waals surface area contributed by atoms with Crippen molar-refractivity contribution >= 4 is 73.9 Å². The lowest BCUT2D eigenvalue weighted by molar-refractivity contribution is -0.140. The van der Waals surface area contributed by atoms with Gasteiger partial charge in [0, 0.05) is 13.1 Å². The second kappa shape index (κ2) is 14.4. The lowest BCUT2D eigenvalue weighted by atomic mass is 10.1. The fourth-order valence-electron chi connectivity index (χ4n) is 4.04. The molecule has 0 aliphatic carbocycles. The minimum atomic E-state index is -4.27. The number of carbonyl (C=O) groups excluding carboxylic acids is 2. The third-order valence-electron chi connectivity index (χ3n) is 6.08. The summed E-state index contributed by atoms with van der Waals surface area (Å²) in [6.07, 6.45) is 0.991. The average Bonchev–Trinajstić information content (AvgIpc) is 2.94. The number of carbonyl (C=O) groups is 2. The Morgan fingerprint density at radius 2 is 1.57 bits per heavy atom. The van der Waals surface area contributed by atoms with Crippen LogP contribution in [-0.4, -0.2) is 44.3 Å². The smallest absolute Gasteiger partial charge is 0.264 e. The third kappa shape index (κ3) is 7.62. The lowest BCUT2D eigenvalue weighted by Gasteiger charge is -2.33. The summed E-state index contributed by atoms with van der Waals surface area (Å²) in [5.74, 6) is -0.976. The highest BCUT2D eigenvalue weighted by molar-refractivity contribution is 7.92. The Hall–Kier alpha value is -2.49. The van der Waals surface area contributed by atoms with E-state index < -0.39 is 28.5 Å². The SMILES string of the molecule is CCCNC(=O)[C@H](CC)N(Cc1ccc(Cl)c(Cl)c1)C(=O)CN(c1cccc(Cl)c1Cl)S(=O)(=O)c1ccccc1. The number of benzene rings is 3. The summed E-state index contributed by atoms with van der Waals surface area (Å²) in [5.41, 5.74) is 0.645. The molecule has 0 unspecified atom stereocenters. The van der Waals surface area contributed by atoms with Crippen LogP contribution in [0.25, 0.3) is 0 Å². The van der Waals surface area contributed by atoms with Gasteiger partial charge in [-0.3, -0.25) is 13.9 Å². The van der Waals surface area contributed by atoms with Crippen LogP contribution in [0.4, 0.5) is 5.69 Å². The van der Waals surface area contributed by atoms with Gasteiger partial charge in [-0.15, -0.1) is 0 Å². The maximum Gasteiger partial charge on any atom is 0.264 e. The zero-order chi connectivity index (χ0) is 29.4. The van der Waals surface area contributed by atoms with Crippen LogP contribution < -0.4 is 9.62 Å². The number of hydrogen-bond acceptors (Lipinski definition) is 4. The molecule has 0 aliphatic heterocycles. The topological polar surface area (TPSA) is 86.8 Å². The molecule has 0 aromatic heterocycles. The van der Waals surface area contributed by atoms with E-state index in [0.29, 0.717) is 23.6 Å². The molecule has 0 radical (unpaired) electrons. The van der Waals surface area contributed by atoms with Crippen molar-refractivity contribution in [2.24, 2.45) is 0 Å². The van der Waals surface area contributed by atoms with Gasteiger partial charge < -0.3 is 10.2 Å². The van der Waals surface area contributed by atoms with Gasteiger partial charge in [-0.25, -0.2) is 8.42 Å². The lowest BCUT2D eigenvalue weighted by Crippen LogP contribution is -2.52. The van der Waals surface area contributed by atoms with E-state index in [-0.39, 0.29) is 44.5 Å². The Balaban J connectivity index is 2.09. The monoisotopic (exact) mass is 643 g/mol. The summed E-state index contributed by atoms with van der Waals surface area (Å²) in [7, 11) is -4.27. The minimum Gasteiger partial charge on any atom is -0.354 e. The molecule has 12 heteroatoms. The summed E-state index contributed by atoms with van der Waals surface area (Å²) in [5, 5.41) is 3.55. The van der Waals surface area contributed by atoms with Crippen LogP contribution in [-0.2, 0) is 26.2 Å². The predicted octanol–water partition coefficient (Wildman–Crippen LogP) is 6.83. The quantitative estimate of drug-likeness (QED) is 0.234. The summed E-state index contributed by atoms with van der Waals surface area (Å²) < 4.78 is 28.6. The molecule has 3 aromatic rings. The molecule has 0 fully saturated rings. The van der Waals surface area contributed by atoms with E-state index in [1.54, 1.807) is 49.4 Å². The van der Waals surface area contributed by atoms with Crippen molar-refractivity contribution in [1.29, 1.82) is 0 Å². The number of hydrogen-bond donors (Lipinski definition) is 1. The number of rotatable bonds is 12. The highest BCUT2D eigenvalue weighted by Crippen LogP contribution is 2.35. The number of nitrogens with zero attached hydrogens (tertiary/aromatic N) is 2. The summed E-state index contributed by atoms with van der Waals surface area (Å²) in [4.78, 5) is 28.5. The predicted molar refractivity (Wildman–Crippen MR) is 162 cm³/mol. The fourth-order valence-corrected chi connectivity index (χ4v) is 6.25. The first-order valence-electron chi connectivity index (χ1n) is 12.5. The average molecular weight is 645 g/mol. The van der Waals surface area contributed by atoms with E-state index in [9.17, 15) is 18.0 Å². The van der Waals surface area contributed by atoms with Crippen molar-refractivity contribution in [2.75, 3.05) is 17.4 Å². The van der Waals surface area contributed by atoms with Crippen LogP contribution in [0.3, 0.4) is 0 Å². The molecule has 0 spiro atoms. The molecular weight excluding hydrogens is 616 g/mol. The van der Waals surface area contributed by atoms with Crippen molar-refractivity contribution in [2.45, 2.75) is 44.2 Å². The maximum absolute atomic E-state index is 14.0. The van der Waals surface area contributed by atoms with Gasteiger partial charge in [0.1, 0.15) is 12.6 Å². The Labute approximate surface area is 255 Å². The van der Waals surface area contributed by atoms with Gasteiger partial charge in [-0.05, 0) is 54.8 Å². The molecule has 40 heavy (non-hydrogen) atoms. The molecule has 0 heterocycles. The van der Waals surface area contributed by atoms with Crippen molar-refractivity contribution in [3.63, 3.8) is 0 Å². The van der Waals surface area contributed by atoms with Crippen LogP contribution in [0.1, 0.15) is 32.3 Å². The number of amides is 2. The molecule has 1 atom stereocenters. The van der Waals surface area contributed by atoms with E-state index in [1.165, 1.54) is 29.2 Å². The zero-order valence-corrected chi connectivity index (χ0v) is 25.8. The fraction of sp³-hybridized carbons (Fsp3) is 0.286. The summed E-state index contributed by atoms with van der Waals surface area (Å²) in [6.45, 7) is 3.46. The van der Waals surface area contributed by atoms with Gasteiger partial charge in [0.25, 0.3) is 10.0 Å². The van der Waals surface area contributed by atoms with Gasteiger partial charge >= 0.3 is 0 Å². The van der Waals surface area contributed by atoms with Crippen molar-refractivity contribution in [3.8, 4) is 0 Å². The summed E-state index contributed by atoms with van der Waals surface area (Å²) in [6, 6.07) is 16.2. The Morgan fingerprint density at radius 3 is 2.20 bits per heavy atom. The van der Waals surface area contributed by atoms with Crippen molar-refractivity contribution in [1.82, 2.24) is 10.2 Å². The Bertz CT molecular complexity index is 1460. The molecule has 214 valence electrons. The second-order valence-electron chi connectivity index (χ2n) is 8.88. The van der Waals surface area contributed by atoms with Crippen LogP contribution in [0.5, 0.6) is 0 Å². The molecule has 3 aromatic carbocycles. The van der Waals surface area contributed by atoms with Gasteiger partial charge in [-0.1, -0.05) is 90.6 Å². The molecular formula is C28H29Cl4N3O4S. The summed E-state index contributed by atoms with van der Waals surface area (Å²) >= 11 is 25.0.